The van der Waals surface area contributed by atoms with Crippen molar-refractivity contribution in [2.75, 3.05) is 29.1 Å². The van der Waals surface area contributed by atoms with Crippen molar-refractivity contribution < 1.29 is 27.5 Å². The molecule has 1 aliphatic rings. The molecule has 9 heteroatoms. The molecule has 0 aromatic heterocycles. The zero-order valence-corrected chi connectivity index (χ0v) is 14.8. The summed E-state index contributed by atoms with van der Waals surface area (Å²) in [5.41, 5.74) is 0.745. The van der Waals surface area contributed by atoms with Crippen LogP contribution >= 0.6 is 11.8 Å². The van der Waals surface area contributed by atoms with Crippen LogP contribution in [-0.4, -0.2) is 36.9 Å². The maximum absolute atomic E-state index is 12.5. The number of hydrogen-bond acceptors (Lipinski definition) is 4. The normalized spacial score (nSPS) is 13.7. The van der Waals surface area contributed by atoms with Gasteiger partial charge in [0.2, 0.25) is 5.91 Å². The highest BCUT2D eigenvalue weighted by Gasteiger charge is 2.29. The third-order valence-corrected chi connectivity index (χ3v) is 4.80. The van der Waals surface area contributed by atoms with Crippen molar-refractivity contribution >= 4 is 35.0 Å². The van der Waals surface area contributed by atoms with Crippen LogP contribution in [0, 0.1) is 0 Å². The fourth-order valence-electron chi connectivity index (χ4n) is 2.52. The number of hydrogen-bond donors (Lipinski definition) is 1. The van der Waals surface area contributed by atoms with Gasteiger partial charge in [0.1, 0.15) is 12.3 Å². The average molecular weight is 396 g/mol. The molecule has 1 heterocycles. The molecule has 0 unspecified atom stereocenters. The van der Waals surface area contributed by atoms with Gasteiger partial charge in [-0.1, -0.05) is 24.3 Å². The van der Waals surface area contributed by atoms with Crippen molar-refractivity contribution in [3.8, 4) is 5.75 Å². The lowest BCUT2D eigenvalue weighted by Gasteiger charge is -2.28. The number of anilines is 2. The molecular formula is C18H15F3N2O3S. The van der Waals surface area contributed by atoms with Gasteiger partial charge in [-0.25, -0.2) is 0 Å². The highest BCUT2D eigenvalue weighted by atomic mass is 32.2. The number of fused-ring (bicyclic) bond motifs is 1. The van der Waals surface area contributed by atoms with Crippen LogP contribution < -0.4 is 15.0 Å². The van der Waals surface area contributed by atoms with Gasteiger partial charge in [0.05, 0.1) is 17.1 Å². The summed E-state index contributed by atoms with van der Waals surface area (Å²) in [5, 5.41) is 2.58. The smallest absolute Gasteiger partial charge is 0.398 e. The second kappa shape index (κ2) is 7.91. The molecule has 0 aliphatic carbocycles. The number of carbonyl (C=O) groups is 2. The van der Waals surface area contributed by atoms with Crippen molar-refractivity contribution in [3.05, 3.63) is 48.5 Å². The number of para-hydroxylation sites is 3. The van der Waals surface area contributed by atoms with Crippen LogP contribution in [0.25, 0.3) is 0 Å². The quantitative estimate of drug-likeness (QED) is 0.783. The van der Waals surface area contributed by atoms with E-state index >= 15 is 0 Å². The first-order chi connectivity index (χ1) is 12.8. The Hall–Kier alpha value is -2.68. The summed E-state index contributed by atoms with van der Waals surface area (Å²) in [6, 6.07) is 13.0. The van der Waals surface area contributed by atoms with Crippen molar-refractivity contribution in [2.45, 2.75) is 11.1 Å². The molecule has 0 saturated carbocycles. The van der Waals surface area contributed by atoms with E-state index in [0.29, 0.717) is 28.1 Å². The minimum Gasteiger partial charge on any atom is -0.482 e. The Bertz CT molecular complexity index is 858. The van der Waals surface area contributed by atoms with E-state index in [0.717, 1.165) is 0 Å². The Balaban J connectivity index is 1.71. The Morgan fingerprint density at radius 2 is 1.85 bits per heavy atom. The molecule has 2 amide bonds. The molecule has 142 valence electrons. The molecule has 0 saturated heterocycles. The van der Waals surface area contributed by atoms with Crippen LogP contribution in [-0.2, 0) is 9.59 Å². The lowest BCUT2D eigenvalue weighted by molar-refractivity contribution is -0.123. The van der Waals surface area contributed by atoms with Gasteiger partial charge in [-0.2, -0.15) is 13.2 Å². The van der Waals surface area contributed by atoms with E-state index in [2.05, 4.69) is 5.32 Å². The summed E-state index contributed by atoms with van der Waals surface area (Å²) >= 11 is 0.591. The minimum atomic E-state index is -4.31. The monoisotopic (exact) mass is 396 g/mol. The van der Waals surface area contributed by atoms with E-state index in [1.165, 1.54) is 17.0 Å². The lowest BCUT2D eigenvalue weighted by atomic mass is 10.2. The van der Waals surface area contributed by atoms with Crippen LogP contribution in [0.15, 0.2) is 53.4 Å². The van der Waals surface area contributed by atoms with Gasteiger partial charge < -0.3 is 10.1 Å². The van der Waals surface area contributed by atoms with E-state index in [9.17, 15) is 22.8 Å². The van der Waals surface area contributed by atoms with Crippen LogP contribution in [0.3, 0.4) is 0 Å². The van der Waals surface area contributed by atoms with E-state index in [1.54, 1.807) is 36.4 Å². The summed E-state index contributed by atoms with van der Waals surface area (Å²) < 4.78 is 42.7. The zero-order chi connectivity index (χ0) is 19.4. The van der Waals surface area contributed by atoms with Crippen LogP contribution in [0.5, 0.6) is 5.75 Å². The predicted octanol–water partition coefficient (Wildman–Crippen LogP) is 3.71. The first-order valence-electron chi connectivity index (χ1n) is 7.94. The van der Waals surface area contributed by atoms with Gasteiger partial charge in [-0.15, -0.1) is 11.8 Å². The van der Waals surface area contributed by atoms with Gasteiger partial charge in [0, 0.05) is 4.90 Å². The number of ether oxygens (including phenoxy) is 1. The number of carbonyl (C=O) groups excluding carboxylic acids is 2. The third kappa shape index (κ3) is 4.94. The SMILES string of the molecule is O=C(CN1C(=O)COc2ccccc21)Nc1ccccc1SCC(F)(F)F. The Morgan fingerprint density at radius 1 is 1.15 bits per heavy atom. The highest BCUT2D eigenvalue weighted by molar-refractivity contribution is 7.99. The molecule has 3 rings (SSSR count). The molecule has 2 aromatic carbocycles. The number of thioether (sulfide) groups is 1. The number of amides is 2. The molecule has 2 aromatic rings. The van der Waals surface area contributed by atoms with Crippen molar-refractivity contribution in [1.82, 2.24) is 0 Å². The van der Waals surface area contributed by atoms with Crippen molar-refractivity contribution in [2.24, 2.45) is 0 Å². The Morgan fingerprint density at radius 3 is 2.63 bits per heavy atom. The second-order valence-corrected chi connectivity index (χ2v) is 6.70. The zero-order valence-electron chi connectivity index (χ0n) is 14.0. The second-order valence-electron chi connectivity index (χ2n) is 5.68. The summed E-state index contributed by atoms with van der Waals surface area (Å²) in [7, 11) is 0. The molecule has 5 nitrogen and oxygen atoms in total. The third-order valence-electron chi connectivity index (χ3n) is 3.66. The van der Waals surface area contributed by atoms with Gasteiger partial charge in [-0.3, -0.25) is 14.5 Å². The number of rotatable bonds is 5. The molecular weight excluding hydrogens is 381 g/mol. The summed E-state index contributed by atoms with van der Waals surface area (Å²) in [5.74, 6) is -1.45. The van der Waals surface area contributed by atoms with Crippen LogP contribution in [0.1, 0.15) is 0 Å². The molecule has 0 spiro atoms. The van der Waals surface area contributed by atoms with E-state index in [-0.39, 0.29) is 24.7 Å². The first-order valence-corrected chi connectivity index (χ1v) is 8.93. The molecule has 1 aliphatic heterocycles. The molecule has 0 atom stereocenters. The minimum absolute atomic E-state index is 0.178. The summed E-state index contributed by atoms with van der Waals surface area (Å²) in [4.78, 5) is 26.1. The highest BCUT2D eigenvalue weighted by Crippen LogP contribution is 2.33. The number of nitrogens with zero attached hydrogens (tertiary/aromatic N) is 1. The van der Waals surface area contributed by atoms with Gasteiger partial charge in [0.15, 0.2) is 6.61 Å². The largest absolute Gasteiger partial charge is 0.482 e. The summed E-state index contributed by atoms with van der Waals surface area (Å²) in [6.07, 6.45) is -4.31. The topological polar surface area (TPSA) is 58.6 Å². The van der Waals surface area contributed by atoms with E-state index in [1.807, 2.05) is 0 Å². The predicted molar refractivity (Wildman–Crippen MR) is 96.1 cm³/mol. The average Bonchev–Trinajstić information content (AvgIpc) is 2.63. The Labute approximate surface area is 157 Å². The standard InChI is InChI=1S/C18H15F3N2O3S/c19-18(20,21)11-27-15-8-4-1-5-12(15)22-16(24)9-23-13-6-2-3-7-14(13)26-10-17(23)25/h1-8H,9-11H2,(H,22,24). The molecule has 1 N–H and O–H groups in total. The number of alkyl halides is 3. The fourth-order valence-corrected chi connectivity index (χ4v) is 3.28. The molecule has 27 heavy (non-hydrogen) atoms. The molecule has 0 radical (unpaired) electrons. The van der Waals surface area contributed by atoms with Gasteiger partial charge in [0.25, 0.3) is 5.91 Å². The van der Waals surface area contributed by atoms with Crippen molar-refractivity contribution in [1.29, 1.82) is 0 Å². The lowest BCUT2D eigenvalue weighted by Crippen LogP contribution is -2.43. The maximum Gasteiger partial charge on any atom is 0.398 e. The van der Waals surface area contributed by atoms with E-state index < -0.39 is 17.8 Å². The first kappa shape index (κ1) is 19.1. The van der Waals surface area contributed by atoms with Gasteiger partial charge in [-0.05, 0) is 24.3 Å². The van der Waals surface area contributed by atoms with Crippen molar-refractivity contribution in [3.63, 3.8) is 0 Å². The number of benzene rings is 2. The number of nitrogens with one attached hydrogen (secondary N) is 1. The van der Waals surface area contributed by atoms with Crippen LogP contribution in [0.2, 0.25) is 0 Å². The number of halogens is 3. The van der Waals surface area contributed by atoms with E-state index in [4.69, 9.17) is 4.74 Å². The summed E-state index contributed by atoms with van der Waals surface area (Å²) in [6.45, 7) is -0.445. The van der Waals surface area contributed by atoms with Crippen LogP contribution in [0.4, 0.5) is 24.5 Å². The Kier molecular flexibility index (Phi) is 5.59. The molecule has 0 fully saturated rings. The fraction of sp³-hybridized carbons (Fsp3) is 0.222. The van der Waals surface area contributed by atoms with Gasteiger partial charge >= 0.3 is 6.18 Å². The molecule has 0 bridgehead atoms. The maximum atomic E-state index is 12.5.